The zero-order valence-corrected chi connectivity index (χ0v) is 15.5. The van der Waals surface area contributed by atoms with Crippen molar-refractivity contribution in [3.8, 4) is 0 Å². The van der Waals surface area contributed by atoms with Crippen LogP contribution in [-0.4, -0.2) is 25.2 Å². The summed E-state index contributed by atoms with van der Waals surface area (Å²) in [5.74, 6) is -0.171. The van der Waals surface area contributed by atoms with E-state index in [9.17, 15) is 4.79 Å². The first kappa shape index (κ1) is 18.3. The molecule has 1 amide bonds. The summed E-state index contributed by atoms with van der Waals surface area (Å²) in [5, 5.41) is 3.96. The molecule has 2 aromatic rings. The lowest BCUT2D eigenvalue weighted by molar-refractivity contribution is 0.0926. The summed E-state index contributed by atoms with van der Waals surface area (Å²) in [7, 11) is 0. The zero-order chi connectivity index (χ0) is 17.4. The molecule has 0 bridgehead atoms. The highest BCUT2D eigenvalue weighted by atomic mass is 79.9. The number of anilines is 1. The molecule has 2 rings (SSSR count). The number of benzene rings is 1. The van der Waals surface area contributed by atoms with Crippen LogP contribution in [0, 0.1) is 0 Å². The van der Waals surface area contributed by atoms with Crippen LogP contribution in [0.5, 0.6) is 0 Å². The number of halogens is 1. The molecule has 0 aliphatic rings. The maximum absolute atomic E-state index is 11.8. The fourth-order valence-corrected chi connectivity index (χ4v) is 2.64. The fraction of sp³-hybridized carbons (Fsp3) is 0.333. The summed E-state index contributed by atoms with van der Waals surface area (Å²) in [6, 6.07) is 11.4. The Kier molecular flexibility index (Phi) is 7.06. The van der Waals surface area contributed by atoms with Crippen molar-refractivity contribution in [1.82, 2.24) is 5.43 Å². The second-order valence-electron chi connectivity index (χ2n) is 5.38. The van der Waals surface area contributed by atoms with Crippen LogP contribution in [0.2, 0.25) is 0 Å². The third kappa shape index (κ3) is 5.23. The standard InChI is InChI=1S/C18H22BrN3O2/c1-3-11-22(12-4-2)15-7-5-14(6-8-15)13-20-21-18(23)16-9-10-17(19)24-16/h5-10,13H,3-4,11-12H2,1-2H3,(H,21,23). The van der Waals surface area contributed by atoms with Crippen molar-refractivity contribution < 1.29 is 9.21 Å². The van der Waals surface area contributed by atoms with Crippen LogP contribution >= 0.6 is 15.9 Å². The maximum atomic E-state index is 11.8. The Morgan fingerprint density at radius 1 is 1.17 bits per heavy atom. The van der Waals surface area contributed by atoms with Crippen LogP contribution in [0.4, 0.5) is 5.69 Å². The second-order valence-corrected chi connectivity index (χ2v) is 6.16. The molecule has 0 atom stereocenters. The van der Waals surface area contributed by atoms with Crippen LogP contribution in [-0.2, 0) is 0 Å². The summed E-state index contributed by atoms with van der Waals surface area (Å²) in [6.45, 7) is 6.47. The molecule has 5 nitrogen and oxygen atoms in total. The molecule has 0 fully saturated rings. The molecule has 0 radical (unpaired) electrons. The highest BCUT2D eigenvalue weighted by Gasteiger charge is 2.08. The number of nitrogens with one attached hydrogen (secondary N) is 1. The third-order valence-electron chi connectivity index (χ3n) is 3.42. The minimum atomic E-state index is -0.384. The molecule has 0 aliphatic carbocycles. The van der Waals surface area contributed by atoms with E-state index in [1.807, 2.05) is 12.1 Å². The molecular weight excluding hydrogens is 370 g/mol. The largest absolute Gasteiger partial charge is 0.444 e. The fourth-order valence-electron chi connectivity index (χ4n) is 2.34. The summed E-state index contributed by atoms with van der Waals surface area (Å²) in [6.07, 6.45) is 3.86. The van der Waals surface area contributed by atoms with Crippen LogP contribution in [0.25, 0.3) is 0 Å². The van der Waals surface area contributed by atoms with E-state index in [4.69, 9.17) is 4.42 Å². The Hall–Kier alpha value is -2.08. The van der Waals surface area contributed by atoms with Crippen molar-refractivity contribution in [1.29, 1.82) is 0 Å². The summed E-state index contributed by atoms with van der Waals surface area (Å²) in [5.41, 5.74) is 4.58. The average molecular weight is 392 g/mol. The minimum Gasteiger partial charge on any atom is -0.444 e. The average Bonchev–Trinajstić information content (AvgIpc) is 3.02. The van der Waals surface area contributed by atoms with Crippen molar-refractivity contribution >= 4 is 33.7 Å². The quantitative estimate of drug-likeness (QED) is 0.534. The predicted octanol–water partition coefficient (Wildman–Crippen LogP) is 4.43. The number of nitrogens with zero attached hydrogens (tertiary/aromatic N) is 2. The first-order chi connectivity index (χ1) is 11.6. The molecule has 128 valence electrons. The van der Waals surface area contributed by atoms with Gasteiger partial charge in [0.2, 0.25) is 0 Å². The number of amides is 1. The number of hydrazone groups is 1. The molecule has 1 aromatic carbocycles. The lowest BCUT2D eigenvalue weighted by atomic mass is 10.2. The lowest BCUT2D eigenvalue weighted by Crippen LogP contribution is -2.24. The molecule has 0 saturated heterocycles. The minimum absolute atomic E-state index is 0.212. The van der Waals surface area contributed by atoms with Crippen molar-refractivity contribution in [3.05, 3.63) is 52.4 Å². The molecule has 24 heavy (non-hydrogen) atoms. The first-order valence-electron chi connectivity index (χ1n) is 8.07. The van der Waals surface area contributed by atoms with Gasteiger partial charge >= 0.3 is 5.91 Å². The smallest absolute Gasteiger partial charge is 0.307 e. The summed E-state index contributed by atoms with van der Waals surface area (Å²) >= 11 is 3.16. The molecule has 1 aromatic heterocycles. The number of hydrogen-bond donors (Lipinski definition) is 1. The van der Waals surface area contributed by atoms with Crippen molar-refractivity contribution in [2.45, 2.75) is 26.7 Å². The highest BCUT2D eigenvalue weighted by Crippen LogP contribution is 2.16. The van der Waals surface area contributed by atoms with Gasteiger partial charge in [0.05, 0.1) is 6.21 Å². The Bertz CT molecular complexity index is 674. The zero-order valence-electron chi connectivity index (χ0n) is 14.0. The van der Waals surface area contributed by atoms with Gasteiger partial charge in [-0.1, -0.05) is 26.0 Å². The van der Waals surface area contributed by atoms with Crippen LogP contribution in [0.3, 0.4) is 0 Å². The van der Waals surface area contributed by atoms with Crippen molar-refractivity contribution in [2.24, 2.45) is 5.10 Å². The molecule has 0 spiro atoms. The van der Waals surface area contributed by atoms with E-state index in [1.54, 1.807) is 18.3 Å². The van der Waals surface area contributed by atoms with E-state index in [2.05, 4.69) is 57.3 Å². The van der Waals surface area contributed by atoms with E-state index in [1.165, 1.54) is 5.69 Å². The van der Waals surface area contributed by atoms with E-state index >= 15 is 0 Å². The summed E-state index contributed by atoms with van der Waals surface area (Å²) in [4.78, 5) is 14.2. The van der Waals surface area contributed by atoms with Crippen molar-refractivity contribution in [2.75, 3.05) is 18.0 Å². The number of carbonyl (C=O) groups excluding carboxylic acids is 1. The Morgan fingerprint density at radius 2 is 1.83 bits per heavy atom. The van der Waals surface area contributed by atoms with Gasteiger partial charge in [0, 0.05) is 18.8 Å². The SMILES string of the molecule is CCCN(CCC)c1ccc(C=NNC(=O)c2ccc(Br)o2)cc1. The topological polar surface area (TPSA) is 57.8 Å². The lowest BCUT2D eigenvalue weighted by Gasteiger charge is -2.23. The highest BCUT2D eigenvalue weighted by molar-refractivity contribution is 9.10. The molecule has 1 heterocycles. The Morgan fingerprint density at radius 3 is 2.38 bits per heavy atom. The molecule has 1 N–H and O–H groups in total. The van der Waals surface area contributed by atoms with Crippen LogP contribution in [0.15, 0.2) is 50.6 Å². The van der Waals surface area contributed by atoms with Gasteiger partial charge in [-0.05, 0) is 58.6 Å². The van der Waals surface area contributed by atoms with E-state index in [0.717, 1.165) is 31.5 Å². The van der Waals surface area contributed by atoms with E-state index in [-0.39, 0.29) is 11.7 Å². The number of furan rings is 1. The van der Waals surface area contributed by atoms with Crippen LogP contribution < -0.4 is 10.3 Å². The van der Waals surface area contributed by atoms with Gasteiger partial charge < -0.3 is 9.32 Å². The third-order valence-corrected chi connectivity index (χ3v) is 3.85. The molecule has 0 unspecified atom stereocenters. The first-order valence-corrected chi connectivity index (χ1v) is 8.87. The molecule has 0 saturated carbocycles. The van der Waals surface area contributed by atoms with E-state index < -0.39 is 0 Å². The van der Waals surface area contributed by atoms with Gasteiger partial charge in [-0.3, -0.25) is 4.79 Å². The van der Waals surface area contributed by atoms with Gasteiger partial charge in [-0.25, -0.2) is 5.43 Å². The molecule has 0 aliphatic heterocycles. The van der Waals surface area contributed by atoms with E-state index in [0.29, 0.717) is 4.67 Å². The van der Waals surface area contributed by atoms with Gasteiger partial charge in [0.15, 0.2) is 10.4 Å². The normalized spacial score (nSPS) is 11.0. The molecule has 6 heteroatoms. The summed E-state index contributed by atoms with van der Waals surface area (Å²) < 4.78 is 5.67. The number of hydrogen-bond acceptors (Lipinski definition) is 4. The maximum Gasteiger partial charge on any atom is 0.307 e. The van der Waals surface area contributed by atoms with Gasteiger partial charge in [-0.2, -0.15) is 5.10 Å². The number of rotatable bonds is 8. The van der Waals surface area contributed by atoms with Gasteiger partial charge in [0.1, 0.15) is 0 Å². The Labute approximate surface area is 150 Å². The van der Waals surface area contributed by atoms with Gasteiger partial charge in [-0.15, -0.1) is 0 Å². The van der Waals surface area contributed by atoms with Gasteiger partial charge in [0.25, 0.3) is 0 Å². The molecular formula is C18H22BrN3O2. The monoisotopic (exact) mass is 391 g/mol. The predicted molar refractivity (Wildman–Crippen MR) is 101 cm³/mol. The second kappa shape index (κ2) is 9.27. The van der Waals surface area contributed by atoms with Crippen LogP contribution in [0.1, 0.15) is 42.8 Å². The van der Waals surface area contributed by atoms with Crippen molar-refractivity contribution in [3.63, 3.8) is 0 Å². The Balaban J connectivity index is 1.94. The number of carbonyl (C=O) groups is 1.